The van der Waals surface area contributed by atoms with E-state index in [-0.39, 0.29) is 22.7 Å². The van der Waals surface area contributed by atoms with Crippen molar-refractivity contribution in [1.82, 2.24) is 5.43 Å². The Bertz CT molecular complexity index is 1490. The van der Waals surface area contributed by atoms with Crippen molar-refractivity contribution in [2.24, 2.45) is 5.10 Å². The Labute approximate surface area is 229 Å². The number of nitrogens with zero attached hydrogens (tertiary/aromatic N) is 2. The van der Waals surface area contributed by atoms with E-state index < -0.39 is 15.9 Å². The van der Waals surface area contributed by atoms with Crippen molar-refractivity contribution >= 4 is 27.8 Å². The van der Waals surface area contributed by atoms with Crippen LogP contribution in [0.25, 0.3) is 0 Å². The van der Waals surface area contributed by atoms with Gasteiger partial charge in [0.1, 0.15) is 5.75 Å². The lowest BCUT2D eigenvalue weighted by molar-refractivity contribution is 0.0955. The molecule has 1 amide bonds. The van der Waals surface area contributed by atoms with Crippen LogP contribution in [0.3, 0.4) is 0 Å². The number of carbonyl (C=O) groups excluding carboxylic acids is 1. The fraction of sp³-hybridized carbons (Fsp3) is 0.161. The molecular weight excluding hydrogens is 510 g/mol. The third-order valence-corrected chi connectivity index (χ3v) is 7.72. The van der Waals surface area contributed by atoms with Gasteiger partial charge in [0.15, 0.2) is 0 Å². The van der Waals surface area contributed by atoms with Crippen LogP contribution in [0.2, 0.25) is 0 Å². The average Bonchev–Trinajstić information content (AvgIpc) is 2.98. The van der Waals surface area contributed by atoms with Gasteiger partial charge >= 0.3 is 0 Å². The molecule has 39 heavy (non-hydrogen) atoms. The smallest absolute Gasteiger partial charge is 0.273 e. The molecule has 0 unspecified atom stereocenters. The van der Waals surface area contributed by atoms with Crippen LogP contribution in [0.5, 0.6) is 5.75 Å². The van der Waals surface area contributed by atoms with E-state index >= 15 is 0 Å². The van der Waals surface area contributed by atoms with Gasteiger partial charge in [0, 0.05) is 0 Å². The summed E-state index contributed by atoms with van der Waals surface area (Å²) >= 11 is 0. The van der Waals surface area contributed by atoms with E-state index in [0.29, 0.717) is 6.61 Å². The van der Waals surface area contributed by atoms with E-state index in [1.165, 1.54) is 10.5 Å². The number of hydrazone groups is 1. The first-order valence-corrected chi connectivity index (χ1v) is 14.2. The second-order valence-corrected chi connectivity index (χ2v) is 10.7. The van der Waals surface area contributed by atoms with Crippen LogP contribution in [0.15, 0.2) is 119 Å². The van der Waals surface area contributed by atoms with Crippen molar-refractivity contribution in [2.45, 2.75) is 31.2 Å². The zero-order chi connectivity index (χ0) is 27.5. The van der Waals surface area contributed by atoms with E-state index in [9.17, 15) is 13.2 Å². The number of anilines is 1. The second kappa shape index (κ2) is 13.4. The fourth-order valence-corrected chi connectivity index (χ4v) is 5.35. The van der Waals surface area contributed by atoms with E-state index in [1.807, 2.05) is 54.6 Å². The molecule has 0 saturated carbocycles. The van der Waals surface area contributed by atoms with Crippen LogP contribution in [0.4, 0.5) is 5.69 Å². The molecule has 0 heterocycles. The van der Waals surface area contributed by atoms with Crippen molar-refractivity contribution < 1.29 is 17.9 Å². The van der Waals surface area contributed by atoms with E-state index in [2.05, 4.69) is 17.5 Å². The maximum atomic E-state index is 13.8. The van der Waals surface area contributed by atoms with Crippen LogP contribution in [-0.2, 0) is 16.6 Å². The van der Waals surface area contributed by atoms with Gasteiger partial charge in [-0.1, -0.05) is 74.0 Å². The van der Waals surface area contributed by atoms with Crippen LogP contribution < -0.4 is 14.5 Å². The summed E-state index contributed by atoms with van der Waals surface area (Å²) in [4.78, 5) is 13.3. The summed E-state index contributed by atoms with van der Waals surface area (Å²) in [6.45, 7) is 2.83. The van der Waals surface area contributed by atoms with Crippen LogP contribution in [-0.4, -0.2) is 27.1 Å². The molecule has 8 heteroatoms. The molecule has 4 aromatic carbocycles. The number of amides is 1. The van der Waals surface area contributed by atoms with Gasteiger partial charge in [0.05, 0.1) is 35.5 Å². The van der Waals surface area contributed by atoms with E-state index in [0.717, 1.165) is 29.7 Å². The van der Waals surface area contributed by atoms with Crippen molar-refractivity contribution in [3.8, 4) is 5.75 Å². The first kappa shape index (κ1) is 27.6. The van der Waals surface area contributed by atoms with Crippen LogP contribution in [0, 0.1) is 0 Å². The molecule has 0 aliphatic rings. The molecule has 0 atom stereocenters. The summed E-state index contributed by atoms with van der Waals surface area (Å²) in [5, 5.41) is 4.09. The molecule has 4 aromatic rings. The van der Waals surface area contributed by atoms with Gasteiger partial charge < -0.3 is 4.74 Å². The zero-order valence-corrected chi connectivity index (χ0v) is 22.6. The molecule has 0 saturated heterocycles. The lowest BCUT2D eigenvalue weighted by Crippen LogP contribution is -2.33. The fourth-order valence-electron chi connectivity index (χ4n) is 3.86. The predicted molar refractivity (Wildman–Crippen MR) is 155 cm³/mol. The number of benzene rings is 4. The number of unbranched alkanes of at least 4 members (excludes halogenated alkanes) is 1. The third kappa shape index (κ3) is 7.33. The number of nitrogens with one attached hydrogen (secondary N) is 1. The normalized spacial score (nSPS) is 11.3. The Morgan fingerprint density at radius 3 is 2.21 bits per heavy atom. The molecular formula is C31H31N3O4S. The molecule has 0 fully saturated rings. The Kier molecular flexibility index (Phi) is 9.48. The first-order valence-electron chi connectivity index (χ1n) is 12.8. The highest BCUT2D eigenvalue weighted by atomic mass is 32.2. The molecule has 0 aromatic heterocycles. The standard InChI is InChI=1S/C31H31N3O4S/c1-2-3-22-38-27-20-18-25(19-21-27)23-32-33-31(35)29-16-10-11-17-30(29)34(24-26-12-6-4-7-13-26)39(36,37)28-14-8-5-9-15-28/h4-21,23H,2-3,22,24H2,1H3,(H,33,35)/b32-23-. The minimum Gasteiger partial charge on any atom is -0.494 e. The number of hydrogen-bond donors (Lipinski definition) is 1. The highest BCUT2D eigenvalue weighted by Crippen LogP contribution is 2.29. The van der Waals surface area contributed by atoms with Gasteiger partial charge in [-0.3, -0.25) is 9.10 Å². The van der Waals surface area contributed by atoms with Crippen molar-refractivity contribution in [2.75, 3.05) is 10.9 Å². The summed E-state index contributed by atoms with van der Waals surface area (Å²) in [6, 6.07) is 31.4. The Hall–Kier alpha value is -4.43. The molecule has 1 N–H and O–H groups in total. The number of hydrogen-bond acceptors (Lipinski definition) is 5. The van der Waals surface area contributed by atoms with Gasteiger partial charge in [-0.05, 0) is 66.1 Å². The average molecular weight is 542 g/mol. The second-order valence-electron chi connectivity index (χ2n) is 8.80. The number of carbonyl (C=O) groups is 1. The lowest BCUT2D eigenvalue weighted by atomic mass is 10.1. The minimum atomic E-state index is -3.98. The molecule has 0 aliphatic carbocycles. The number of rotatable bonds is 12. The molecule has 0 bridgehead atoms. The monoisotopic (exact) mass is 541 g/mol. The minimum absolute atomic E-state index is 0.0539. The maximum Gasteiger partial charge on any atom is 0.273 e. The molecule has 7 nitrogen and oxygen atoms in total. The largest absolute Gasteiger partial charge is 0.494 e. The van der Waals surface area contributed by atoms with E-state index in [1.54, 1.807) is 54.6 Å². The topological polar surface area (TPSA) is 88.1 Å². The molecule has 0 radical (unpaired) electrons. The Morgan fingerprint density at radius 1 is 0.872 bits per heavy atom. The number of ether oxygens (including phenoxy) is 1. The van der Waals surface area contributed by atoms with Gasteiger partial charge in [0.2, 0.25) is 0 Å². The quantitative estimate of drug-likeness (QED) is 0.135. The Balaban J connectivity index is 1.57. The summed E-state index contributed by atoms with van der Waals surface area (Å²) in [5.74, 6) is 0.249. The SMILES string of the molecule is CCCCOc1ccc(/C=N\NC(=O)c2ccccc2N(Cc2ccccc2)S(=O)(=O)c2ccccc2)cc1. The number of sulfonamides is 1. The highest BCUT2D eigenvalue weighted by Gasteiger charge is 2.28. The van der Waals surface area contributed by atoms with Gasteiger partial charge in [-0.15, -0.1) is 0 Å². The summed E-state index contributed by atoms with van der Waals surface area (Å²) in [7, 11) is -3.98. The highest BCUT2D eigenvalue weighted by molar-refractivity contribution is 7.92. The predicted octanol–water partition coefficient (Wildman–Crippen LogP) is 6.02. The molecule has 200 valence electrons. The van der Waals surface area contributed by atoms with E-state index in [4.69, 9.17) is 4.74 Å². The number of para-hydroxylation sites is 1. The van der Waals surface area contributed by atoms with Crippen LogP contribution in [0.1, 0.15) is 41.3 Å². The maximum absolute atomic E-state index is 13.8. The van der Waals surface area contributed by atoms with Crippen LogP contribution >= 0.6 is 0 Å². The molecule has 0 spiro atoms. The summed E-state index contributed by atoms with van der Waals surface area (Å²) < 4.78 is 34.5. The van der Waals surface area contributed by atoms with Gasteiger partial charge in [-0.25, -0.2) is 13.8 Å². The lowest BCUT2D eigenvalue weighted by Gasteiger charge is -2.26. The van der Waals surface area contributed by atoms with Gasteiger partial charge in [-0.2, -0.15) is 5.10 Å². The van der Waals surface area contributed by atoms with Crippen molar-refractivity contribution in [3.63, 3.8) is 0 Å². The third-order valence-electron chi connectivity index (χ3n) is 5.94. The van der Waals surface area contributed by atoms with Crippen molar-refractivity contribution in [1.29, 1.82) is 0 Å². The summed E-state index contributed by atoms with van der Waals surface area (Å²) in [6.07, 6.45) is 3.58. The van der Waals surface area contributed by atoms with Crippen molar-refractivity contribution in [3.05, 3.63) is 126 Å². The van der Waals surface area contributed by atoms with Gasteiger partial charge in [0.25, 0.3) is 15.9 Å². The molecule has 0 aliphatic heterocycles. The summed E-state index contributed by atoms with van der Waals surface area (Å²) in [5.41, 5.74) is 4.54. The molecule has 4 rings (SSSR count). The Morgan fingerprint density at radius 2 is 1.51 bits per heavy atom. The first-order chi connectivity index (χ1) is 19.0. The zero-order valence-electron chi connectivity index (χ0n) is 21.7.